The molecule has 2 aromatic rings. The van der Waals surface area contributed by atoms with E-state index in [9.17, 15) is 9.90 Å². The largest absolute Gasteiger partial charge is 0.394 e. The lowest BCUT2D eigenvalue weighted by molar-refractivity contribution is -0.137. The molecule has 0 spiro atoms. The Bertz CT molecular complexity index is 738. The first kappa shape index (κ1) is 19.5. The third-order valence-corrected chi connectivity index (χ3v) is 5.44. The molecular formula is C22H28N2O3. The van der Waals surface area contributed by atoms with E-state index in [0.29, 0.717) is 38.9 Å². The molecule has 0 bridgehead atoms. The average Bonchev–Trinajstić information content (AvgIpc) is 2.73. The molecule has 1 aromatic carbocycles. The zero-order valence-corrected chi connectivity index (χ0v) is 15.9. The van der Waals surface area contributed by atoms with Crippen molar-refractivity contribution in [3.8, 4) is 11.1 Å². The molecule has 5 nitrogen and oxygen atoms in total. The minimum absolute atomic E-state index is 0.0264. The molecule has 1 aliphatic rings. The van der Waals surface area contributed by atoms with E-state index < -0.39 is 5.41 Å². The fourth-order valence-corrected chi connectivity index (χ4v) is 3.65. The lowest BCUT2D eigenvalue weighted by Crippen LogP contribution is -2.50. The van der Waals surface area contributed by atoms with Gasteiger partial charge in [-0.15, -0.1) is 0 Å². The Morgan fingerprint density at radius 3 is 2.70 bits per heavy atom. The molecule has 1 amide bonds. The van der Waals surface area contributed by atoms with Crippen molar-refractivity contribution >= 4 is 5.91 Å². The van der Waals surface area contributed by atoms with E-state index in [2.05, 4.69) is 28.5 Å². The smallest absolute Gasteiger partial charge is 0.227 e. The second-order valence-corrected chi connectivity index (χ2v) is 7.27. The predicted octanol–water partition coefficient (Wildman–Crippen LogP) is 2.98. The van der Waals surface area contributed by atoms with E-state index in [1.54, 1.807) is 6.20 Å². The lowest BCUT2D eigenvalue weighted by atomic mass is 9.74. The standard InChI is InChI=1S/C22H28N2O3/c1-2-20(16-25)24-21(26)22(8-11-27-12-9-22)14-17-5-3-6-18(13-17)19-7-4-10-23-15-19/h3-7,10,13,15,20,25H,2,8-9,11-12,14,16H2,1H3,(H,24,26)/t20-/m0/s1. The molecule has 0 unspecified atom stereocenters. The van der Waals surface area contributed by atoms with Gasteiger partial charge in [-0.2, -0.15) is 0 Å². The molecule has 2 N–H and O–H groups in total. The van der Waals surface area contributed by atoms with Crippen LogP contribution in [-0.2, 0) is 16.0 Å². The second-order valence-electron chi connectivity index (χ2n) is 7.27. The van der Waals surface area contributed by atoms with Crippen LogP contribution >= 0.6 is 0 Å². The van der Waals surface area contributed by atoms with E-state index in [0.717, 1.165) is 16.7 Å². The number of carbonyl (C=O) groups is 1. The molecular weight excluding hydrogens is 340 g/mol. The number of rotatable bonds is 7. The van der Waals surface area contributed by atoms with Gasteiger partial charge in [0.1, 0.15) is 0 Å². The van der Waals surface area contributed by atoms with Crippen LogP contribution in [0, 0.1) is 5.41 Å². The molecule has 0 aliphatic carbocycles. The summed E-state index contributed by atoms with van der Waals surface area (Å²) in [7, 11) is 0. The number of aliphatic hydroxyl groups is 1. The Morgan fingerprint density at radius 1 is 1.26 bits per heavy atom. The zero-order chi connectivity index (χ0) is 19.1. The van der Waals surface area contributed by atoms with Crippen molar-refractivity contribution in [2.45, 2.75) is 38.6 Å². The van der Waals surface area contributed by atoms with Crippen molar-refractivity contribution < 1.29 is 14.6 Å². The summed E-state index contributed by atoms with van der Waals surface area (Å²) in [6, 6.07) is 12.1. The van der Waals surface area contributed by atoms with E-state index in [1.807, 2.05) is 31.3 Å². The topological polar surface area (TPSA) is 71.5 Å². The van der Waals surface area contributed by atoms with Crippen LogP contribution in [0.5, 0.6) is 0 Å². The van der Waals surface area contributed by atoms with Crippen molar-refractivity contribution in [2.75, 3.05) is 19.8 Å². The van der Waals surface area contributed by atoms with Crippen LogP contribution in [-0.4, -0.2) is 41.9 Å². The molecule has 1 saturated heterocycles. The van der Waals surface area contributed by atoms with Gasteiger partial charge in [0.2, 0.25) is 5.91 Å². The molecule has 5 heteroatoms. The molecule has 0 saturated carbocycles. The van der Waals surface area contributed by atoms with Gasteiger partial charge in [0, 0.05) is 25.6 Å². The highest BCUT2D eigenvalue weighted by Gasteiger charge is 2.40. The first-order valence-corrected chi connectivity index (χ1v) is 9.66. The van der Waals surface area contributed by atoms with Crippen LogP contribution in [0.1, 0.15) is 31.7 Å². The van der Waals surface area contributed by atoms with E-state index >= 15 is 0 Å². The molecule has 27 heavy (non-hydrogen) atoms. The van der Waals surface area contributed by atoms with E-state index in [1.165, 1.54) is 0 Å². The summed E-state index contributed by atoms with van der Waals surface area (Å²) in [4.78, 5) is 17.3. The number of carbonyl (C=O) groups excluding carboxylic acids is 1. The van der Waals surface area contributed by atoms with Crippen molar-refractivity contribution in [3.05, 3.63) is 54.4 Å². The maximum atomic E-state index is 13.1. The van der Waals surface area contributed by atoms with Gasteiger partial charge in [0.05, 0.1) is 18.1 Å². The quantitative estimate of drug-likeness (QED) is 0.788. The van der Waals surface area contributed by atoms with Crippen molar-refractivity contribution in [1.29, 1.82) is 0 Å². The number of aliphatic hydroxyl groups excluding tert-OH is 1. The van der Waals surface area contributed by atoms with Gasteiger partial charge in [-0.05, 0) is 48.4 Å². The van der Waals surface area contributed by atoms with Gasteiger partial charge in [0.15, 0.2) is 0 Å². The molecule has 0 radical (unpaired) electrons. The molecule has 1 atom stereocenters. The summed E-state index contributed by atoms with van der Waals surface area (Å²) in [6.07, 6.45) is 6.38. The Labute approximate surface area is 160 Å². The number of amides is 1. The van der Waals surface area contributed by atoms with Crippen LogP contribution in [0.4, 0.5) is 0 Å². The summed E-state index contributed by atoms with van der Waals surface area (Å²) in [6.45, 7) is 3.11. The molecule has 3 rings (SSSR count). The van der Waals surface area contributed by atoms with Crippen LogP contribution in [0.25, 0.3) is 11.1 Å². The van der Waals surface area contributed by atoms with Crippen LogP contribution in [0.15, 0.2) is 48.8 Å². The molecule has 144 valence electrons. The maximum absolute atomic E-state index is 13.1. The number of nitrogens with zero attached hydrogens (tertiary/aromatic N) is 1. The summed E-state index contributed by atoms with van der Waals surface area (Å²) in [5.41, 5.74) is 2.81. The summed E-state index contributed by atoms with van der Waals surface area (Å²) in [5.74, 6) is 0.0264. The average molecular weight is 368 g/mol. The third-order valence-electron chi connectivity index (χ3n) is 5.44. The number of benzene rings is 1. The molecule has 1 fully saturated rings. The van der Waals surface area contributed by atoms with Gasteiger partial charge in [-0.3, -0.25) is 9.78 Å². The SMILES string of the molecule is CC[C@@H](CO)NC(=O)C1(Cc2cccc(-c3cccnc3)c2)CCOCC1. The van der Waals surface area contributed by atoms with Crippen molar-refractivity contribution in [2.24, 2.45) is 5.41 Å². The van der Waals surface area contributed by atoms with E-state index in [4.69, 9.17) is 4.74 Å². The normalized spacial score (nSPS) is 17.3. The monoisotopic (exact) mass is 368 g/mol. The van der Waals surface area contributed by atoms with Gasteiger partial charge in [-0.25, -0.2) is 0 Å². The molecule has 1 aromatic heterocycles. The fraction of sp³-hybridized carbons (Fsp3) is 0.455. The summed E-state index contributed by atoms with van der Waals surface area (Å²) >= 11 is 0. The Balaban J connectivity index is 1.83. The minimum Gasteiger partial charge on any atom is -0.394 e. The number of pyridine rings is 1. The van der Waals surface area contributed by atoms with Gasteiger partial charge < -0.3 is 15.2 Å². The number of hydrogen-bond donors (Lipinski definition) is 2. The highest BCUT2D eigenvalue weighted by molar-refractivity contribution is 5.83. The van der Waals surface area contributed by atoms with Crippen molar-refractivity contribution in [3.63, 3.8) is 0 Å². The highest BCUT2D eigenvalue weighted by Crippen LogP contribution is 2.36. The van der Waals surface area contributed by atoms with Gasteiger partial charge in [-0.1, -0.05) is 37.3 Å². The summed E-state index contributed by atoms with van der Waals surface area (Å²) < 4.78 is 5.53. The Morgan fingerprint density at radius 2 is 2.04 bits per heavy atom. The number of aromatic nitrogens is 1. The van der Waals surface area contributed by atoms with Crippen LogP contribution in [0.2, 0.25) is 0 Å². The number of hydrogen-bond acceptors (Lipinski definition) is 4. The number of ether oxygens (including phenoxy) is 1. The predicted molar refractivity (Wildman–Crippen MR) is 105 cm³/mol. The van der Waals surface area contributed by atoms with Crippen molar-refractivity contribution in [1.82, 2.24) is 10.3 Å². The van der Waals surface area contributed by atoms with E-state index in [-0.39, 0.29) is 18.6 Å². The van der Waals surface area contributed by atoms with Gasteiger partial charge >= 0.3 is 0 Å². The Kier molecular flexibility index (Phi) is 6.58. The second kappa shape index (κ2) is 9.11. The van der Waals surface area contributed by atoms with Crippen LogP contribution < -0.4 is 5.32 Å². The maximum Gasteiger partial charge on any atom is 0.227 e. The highest BCUT2D eigenvalue weighted by atomic mass is 16.5. The molecule has 1 aliphatic heterocycles. The third kappa shape index (κ3) is 4.73. The summed E-state index contributed by atoms with van der Waals surface area (Å²) in [5, 5.41) is 12.5. The zero-order valence-electron chi connectivity index (χ0n) is 15.9. The number of nitrogens with one attached hydrogen (secondary N) is 1. The Hall–Kier alpha value is -2.24. The first-order chi connectivity index (χ1) is 13.2. The van der Waals surface area contributed by atoms with Gasteiger partial charge in [0.25, 0.3) is 0 Å². The minimum atomic E-state index is -0.492. The fourth-order valence-electron chi connectivity index (χ4n) is 3.65. The lowest BCUT2D eigenvalue weighted by Gasteiger charge is -2.37. The first-order valence-electron chi connectivity index (χ1n) is 9.66. The molecule has 2 heterocycles. The van der Waals surface area contributed by atoms with Crippen LogP contribution in [0.3, 0.4) is 0 Å².